The van der Waals surface area contributed by atoms with E-state index in [2.05, 4.69) is 5.32 Å². The van der Waals surface area contributed by atoms with Crippen LogP contribution in [0.5, 0.6) is 0 Å². The lowest BCUT2D eigenvalue weighted by molar-refractivity contribution is -0.384. The van der Waals surface area contributed by atoms with Gasteiger partial charge < -0.3 is 24.9 Å². The number of nitrogens with one attached hydrogen (secondary N) is 1. The third kappa shape index (κ3) is 5.66. The SMILES string of the molecule is COC(=O)C(C)(C)Sc1cc(NCC(C)(O)P(=O)(O)O)c([N+](=O)[O-])cc1C. The lowest BCUT2D eigenvalue weighted by Gasteiger charge is -2.25. The topological polar surface area (TPSA) is 159 Å². The number of benzene rings is 1. The predicted molar refractivity (Wildman–Crippen MR) is 101 cm³/mol. The maximum atomic E-state index is 11.9. The molecule has 0 saturated heterocycles. The molecular weight excluding hydrogens is 399 g/mol. The zero-order valence-corrected chi connectivity index (χ0v) is 17.3. The van der Waals surface area contributed by atoms with Gasteiger partial charge in [0.2, 0.25) is 0 Å². The number of aryl methyl sites for hydroxylation is 1. The molecular formula is C15H23N2O8PS. The Morgan fingerprint density at radius 1 is 1.37 bits per heavy atom. The molecule has 0 radical (unpaired) electrons. The molecule has 4 N–H and O–H groups in total. The number of nitro benzene ring substituents is 1. The maximum absolute atomic E-state index is 11.9. The highest BCUT2D eigenvalue weighted by Gasteiger charge is 2.40. The predicted octanol–water partition coefficient (Wildman–Crippen LogP) is 2.25. The monoisotopic (exact) mass is 422 g/mol. The van der Waals surface area contributed by atoms with Gasteiger partial charge >= 0.3 is 13.6 Å². The maximum Gasteiger partial charge on any atom is 0.358 e. The second kappa shape index (κ2) is 8.15. The Kier molecular flexibility index (Phi) is 7.06. The first kappa shape index (κ1) is 23.4. The summed E-state index contributed by atoms with van der Waals surface area (Å²) >= 11 is 1.13. The molecule has 10 nitrogen and oxygen atoms in total. The number of ether oxygens (including phenoxy) is 1. The molecule has 0 amide bonds. The highest BCUT2D eigenvalue weighted by molar-refractivity contribution is 8.01. The average molecular weight is 422 g/mol. The van der Waals surface area contributed by atoms with Crippen molar-refractivity contribution in [3.05, 3.63) is 27.8 Å². The molecule has 0 aromatic heterocycles. The molecule has 0 saturated carbocycles. The van der Waals surface area contributed by atoms with Crippen LogP contribution in [0.1, 0.15) is 26.3 Å². The zero-order chi connectivity index (χ0) is 21.2. The molecule has 12 heteroatoms. The van der Waals surface area contributed by atoms with Crippen LogP contribution in [0.4, 0.5) is 11.4 Å². The number of esters is 1. The summed E-state index contributed by atoms with van der Waals surface area (Å²) in [4.78, 5) is 41.4. The second-order valence-corrected chi connectivity index (χ2v) is 10.3. The van der Waals surface area contributed by atoms with E-state index in [0.717, 1.165) is 18.7 Å². The van der Waals surface area contributed by atoms with Crippen molar-refractivity contribution < 1.29 is 33.9 Å². The van der Waals surface area contributed by atoms with E-state index in [0.29, 0.717) is 10.5 Å². The second-order valence-electron chi connectivity index (χ2n) is 6.61. The molecule has 0 heterocycles. The van der Waals surface area contributed by atoms with Crippen LogP contribution < -0.4 is 5.32 Å². The van der Waals surface area contributed by atoms with Gasteiger partial charge in [0.1, 0.15) is 10.4 Å². The Balaban J connectivity index is 3.28. The zero-order valence-electron chi connectivity index (χ0n) is 15.5. The number of nitrogens with zero attached hydrogens (tertiary/aromatic N) is 1. The minimum Gasteiger partial charge on any atom is -0.468 e. The number of thioether (sulfide) groups is 1. The number of nitro groups is 1. The third-order valence-electron chi connectivity index (χ3n) is 3.77. The molecule has 1 aromatic carbocycles. The van der Waals surface area contributed by atoms with Crippen molar-refractivity contribution in [1.82, 2.24) is 0 Å². The van der Waals surface area contributed by atoms with Gasteiger partial charge in [0, 0.05) is 11.0 Å². The molecule has 0 bridgehead atoms. The third-order valence-corrected chi connectivity index (χ3v) is 6.52. The first-order valence-corrected chi connectivity index (χ1v) is 10.1. The molecule has 27 heavy (non-hydrogen) atoms. The van der Waals surface area contributed by atoms with Gasteiger partial charge in [-0.15, -0.1) is 11.8 Å². The van der Waals surface area contributed by atoms with E-state index in [1.807, 2.05) is 0 Å². The van der Waals surface area contributed by atoms with Gasteiger partial charge in [-0.3, -0.25) is 19.5 Å². The summed E-state index contributed by atoms with van der Waals surface area (Å²) in [5.74, 6) is -0.482. The number of hydrogen-bond donors (Lipinski definition) is 4. The Hall–Kier alpha value is -1.65. The first-order chi connectivity index (χ1) is 12.1. The van der Waals surface area contributed by atoms with Crippen molar-refractivity contribution in [2.45, 2.75) is 42.7 Å². The van der Waals surface area contributed by atoms with Crippen LogP contribution in [0.15, 0.2) is 17.0 Å². The van der Waals surface area contributed by atoms with E-state index < -0.39 is 35.1 Å². The van der Waals surface area contributed by atoms with Gasteiger partial charge in [-0.1, -0.05) is 0 Å². The van der Waals surface area contributed by atoms with E-state index in [1.165, 1.54) is 19.2 Å². The number of anilines is 1. The van der Waals surface area contributed by atoms with Crippen LogP contribution in [0.3, 0.4) is 0 Å². The highest BCUT2D eigenvalue weighted by atomic mass is 32.2. The van der Waals surface area contributed by atoms with E-state index in [-0.39, 0.29) is 11.4 Å². The van der Waals surface area contributed by atoms with Crippen LogP contribution in [-0.4, -0.2) is 49.5 Å². The fourth-order valence-corrected chi connectivity index (χ4v) is 3.40. The van der Waals surface area contributed by atoms with Crippen LogP contribution >= 0.6 is 19.4 Å². The number of aliphatic hydroxyl groups is 1. The molecule has 0 aliphatic rings. The van der Waals surface area contributed by atoms with Gasteiger partial charge in [0.25, 0.3) is 5.69 Å². The minimum absolute atomic E-state index is 0.0394. The molecule has 1 aromatic rings. The van der Waals surface area contributed by atoms with Gasteiger partial charge in [-0.2, -0.15) is 0 Å². The highest BCUT2D eigenvalue weighted by Crippen LogP contribution is 2.48. The van der Waals surface area contributed by atoms with Crippen molar-refractivity contribution in [3.63, 3.8) is 0 Å². The van der Waals surface area contributed by atoms with Crippen molar-refractivity contribution in [3.8, 4) is 0 Å². The normalized spacial score (nSPS) is 14.4. The lowest BCUT2D eigenvalue weighted by Crippen LogP contribution is -2.33. The van der Waals surface area contributed by atoms with Gasteiger partial charge in [0.05, 0.1) is 18.6 Å². The van der Waals surface area contributed by atoms with E-state index in [4.69, 9.17) is 4.74 Å². The Morgan fingerprint density at radius 2 is 1.93 bits per heavy atom. The van der Waals surface area contributed by atoms with Crippen LogP contribution in [0.25, 0.3) is 0 Å². The van der Waals surface area contributed by atoms with Crippen LogP contribution in [-0.2, 0) is 14.1 Å². The first-order valence-electron chi connectivity index (χ1n) is 7.71. The van der Waals surface area contributed by atoms with E-state index in [1.54, 1.807) is 20.8 Å². The fraction of sp³-hybridized carbons (Fsp3) is 0.533. The average Bonchev–Trinajstić information content (AvgIpc) is 2.52. The number of methoxy groups -OCH3 is 1. The number of rotatable bonds is 8. The van der Waals surface area contributed by atoms with E-state index in [9.17, 15) is 34.4 Å². The van der Waals surface area contributed by atoms with Crippen molar-refractivity contribution in [2.75, 3.05) is 19.0 Å². The number of carbonyl (C=O) groups is 1. The Morgan fingerprint density at radius 3 is 2.37 bits per heavy atom. The minimum atomic E-state index is -4.86. The van der Waals surface area contributed by atoms with Crippen molar-refractivity contribution >= 4 is 36.7 Å². The molecule has 1 atom stereocenters. The van der Waals surface area contributed by atoms with Gasteiger partial charge in [-0.25, -0.2) is 0 Å². The molecule has 0 aliphatic carbocycles. The Bertz CT molecular complexity index is 790. The smallest absolute Gasteiger partial charge is 0.358 e. The standard InChI is InChI=1S/C15H23N2O8PS/c1-9-6-11(17(20)21)10(16-8-15(4,19)26(22,23)24)7-12(9)27-14(2,3)13(18)25-5/h6-7,16,19H,8H2,1-5H3,(H2,22,23,24). The van der Waals surface area contributed by atoms with Gasteiger partial charge in [-0.05, 0) is 39.3 Å². The summed E-state index contributed by atoms with van der Waals surface area (Å²) in [6.45, 7) is 5.22. The number of hydrogen-bond acceptors (Lipinski definition) is 8. The molecule has 1 unspecified atom stereocenters. The van der Waals surface area contributed by atoms with Gasteiger partial charge in [0.15, 0.2) is 5.34 Å². The summed E-state index contributed by atoms with van der Waals surface area (Å²) in [5, 5.41) is 21.3. The summed E-state index contributed by atoms with van der Waals surface area (Å²) in [7, 11) is -3.61. The molecule has 0 aliphatic heterocycles. The van der Waals surface area contributed by atoms with Crippen LogP contribution in [0.2, 0.25) is 0 Å². The largest absolute Gasteiger partial charge is 0.468 e. The number of carbonyl (C=O) groups excluding carboxylic acids is 1. The molecule has 0 fully saturated rings. The summed E-state index contributed by atoms with van der Waals surface area (Å²) in [5.41, 5.74) is 0.174. The summed E-state index contributed by atoms with van der Waals surface area (Å²) in [6, 6.07) is 2.68. The fourth-order valence-electron chi connectivity index (χ4n) is 2.00. The summed E-state index contributed by atoms with van der Waals surface area (Å²) < 4.78 is 15.1. The summed E-state index contributed by atoms with van der Waals surface area (Å²) in [6.07, 6.45) is 0. The van der Waals surface area contributed by atoms with Crippen molar-refractivity contribution in [1.29, 1.82) is 0 Å². The molecule has 0 spiro atoms. The Labute approximate surface area is 160 Å². The lowest BCUT2D eigenvalue weighted by atomic mass is 10.2. The van der Waals surface area contributed by atoms with Crippen LogP contribution in [0, 0.1) is 17.0 Å². The van der Waals surface area contributed by atoms with E-state index >= 15 is 0 Å². The molecule has 152 valence electrons. The van der Waals surface area contributed by atoms with Crippen molar-refractivity contribution in [2.24, 2.45) is 0 Å². The quantitative estimate of drug-likeness (QED) is 0.161. The molecule has 1 rings (SSSR count).